The summed E-state index contributed by atoms with van der Waals surface area (Å²) in [5, 5.41) is 18.5. The Balaban J connectivity index is 2.32. The standard InChI is InChI=1S/C8H13NO3/c9-8(7(11)12)5-2-1-4(3-5)6(8)10/h4-6,10H,1-3,9H2,(H,11,12)/t4-,5+,6+,8-/m0/s1. The molecule has 0 aromatic carbocycles. The third-order valence-electron chi connectivity index (χ3n) is 3.46. The van der Waals surface area contributed by atoms with Crippen LogP contribution >= 0.6 is 0 Å². The Morgan fingerprint density at radius 3 is 2.50 bits per heavy atom. The van der Waals surface area contributed by atoms with Crippen molar-refractivity contribution in [3.05, 3.63) is 0 Å². The van der Waals surface area contributed by atoms with Gasteiger partial charge in [0.05, 0.1) is 6.10 Å². The monoisotopic (exact) mass is 171 g/mol. The van der Waals surface area contributed by atoms with E-state index >= 15 is 0 Å². The number of hydrogen-bond donors (Lipinski definition) is 3. The van der Waals surface area contributed by atoms with Crippen LogP contribution in [0.2, 0.25) is 0 Å². The zero-order valence-electron chi connectivity index (χ0n) is 6.73. The van der Waals surface area contributed by atoms with Gasteiger partial charge in [0.1, 0.15) is 5.54 Å². The zero-order valence-corrected chi connectivity index (χ0v) is 6.73. The summed E-state index contributed by atoms with van der Waals surface area (Å²) in [6, 6.07) is 0. The average molecular weight is 171 g/mol. The molecule has 0 saturated heterocycles. The van der Waals surface area contributed by atoms with E-state index in [1.165, 1.54) is 0 Å². The molecule has 0 aromatic heterocycles. The number of rotatable bonds is 1. The van der Waals surface area contributed by atoms with Crippen LogP contribution in [0.3, 0.4) is 0 Å². The van der Waals surface area contributed by atoms with Crippen molar-refractivity contribution in [3.63, 3.8) is 0 Å². The van der Waals surface area contributed by atoms with E-state index in [2.05, 4.69) is 0 Å². The van der Waals surface area contributed by atoms with Crippen molar-refractivity contribution in [3.8, 4) is 0 Å². The second-order valence-electron chi connectivity index (χ2n) is 3.95. The van der Waals surface area contributed by atoms with Crippen molar-refractivity contribution in [2.24, 2.45) is 17.6 Å². The molecule has 2 saturated carbocycles. The molecule has 4 nitrogen and oxygen atoms in total. The average Bonchev–Trinajstić information content (AvgIpc) is 2.55. The highest BCUT2D eigenvalue weighted by Gasteiger charge is 2.60. The summed E-state index contributed by atoms with van der Waals surface area (Å²) in [5.41, 5.74) is 4.32. The predicted octanol–water partition coefficient (Wildman–Crippen LogP) is -0.441. The van der Waals surface area contributed by atoms with E-state index in [-0.39, 0.29) is 11.8 Å². The Labute approximate surface area is 70.4 Å². The van der Waals surface area contributed by atoms with E-state index in [0.717, 1.165) is 19.3 Å². The van der Waals surface area contributed by atoms with Crippen LogP contribution in [-0.2, 0) is 4.79 Å². The molecule has 0 spiro atoms. The Bertz CT molecular complexity index is 226. The topological polar surface area (TPSA) is 83.6 Å². The minimum atomic E-state index is -1.36. The molecular formula is C8H13NO3. The van der Waals surface area contributed by atoms with Gasteiger partial charge in [0.25, 0.3) is 0 Å². The highest BCUT2D eigenvalue weighted by Crippen LogP contribution is 2.49. The van der Waals surface area contributed by atoms with Crippen LogP contribution in [0.4, 0.5) is 0 Å². The highest BCUT2D eigenvalue weighted by molar-refractivity contribution is 5.80. The second kappa shape index (κ2) is 2.20. The molecule has 4 heteroatoms. The Morgan fingerprint density at radius 2 is 2.17 bits per heavy atom. The molecule has 2 aliphatic carbocycles. The van der Waals surface area contributed by atoms with Crippen molar-refractivity contribution < 1.29 is 15.0 Å². The molecular weight excluding hydrogens is 158 g/mol. The van der Waals surface area contributed by atoms with Gasteiger partial charge in [-0.25, -0.2) is 0 Å². The van der Waals surface area contributed by atoms with Crippen molar-refractivity contribution in [2.45, 2.75) is 30.9 Å². The smallest absolute Gasteiger partial charge is 0.326 e. The fourth-order valence-corrected chi connectivity index (χ4v) is 2.67. The second-order valence-corrected chi connectivity index (χ2v) is 3.95. The van der Waals surface area contributed by atoms with Crippen LogP contribution in [0.25, 0.3) is 0 Å². The molecule has 0 amide bonds. The first-order chi connectivity index (χ1) is 5.56. The first-order valence-electron chi connectivity index (χ1n) is 4.27. The fourth-order valence-electron chi connectivity index (χ4n) is 2.67. The van der Waals surface area contributed by atoms with Crippen molar-refractivity contribution in [2.75, 3.05) is 0 Å². The van der Waals surface area contributed by atoms with Crippen LogP contribution in [-0.4, -0.2) is 27.8 Å². The van der Waals surface area contributed by atoms with Crippen molar-refractivity contribution >= 4 is 5.97 Å². The van der Waals surface area contributed by atoms with Crippen LogP contribution in [0.15, 0.2) is 0 Å². The SMILES string of the molecule is N[C@@]1(C(=O)O)[C@@H]2CC[C@@H](C2)[C@H]1O. The summed E-state index contributed by atoms with van der Waals surface area (Å²) in [6.07, 6.45) is 1.72. The lowest BCUT2D eigenvalue weighted by Crippen LogP contribution is -2.60. The highest BCUT2D eigenvalue weighted by atomic mass is 16.4. The van der Waals surface area contributed by atoms with Gasteiger partial charge in [-0.15, -0.1) is 0 Å². The minimum Gasteiger partial charge on any atom is -0.480 e. The number of hydrogen-bond acceptors (Lipinski definition) is 3. The molecule has 4 N–H and O–H groups in total. The summed E-state index contributed by atoms with van der Waals surface area (Å²) in [4.78, 5) is 10.8. The van der Waals surface area contributed by atoms with E-state index in [9.17, 15) is 9.90 Å². The fraction of sp³-hybridized carbons (Fsp3) is 0.875. The largest absolute Gasteiger partial charge is 0.480 e. The quantitative estimate of drug-likeness (QED) is 0.499. The third kappa shape index (κ3) is 0.716. The molecule has 0 unspecified atom stereocenters. The predicted molar refractivity (Wildman–Crippen MR) is 41.4 cm³/mol. The van der Waals surface area contributed by atoms with Gasteiger partial charge in [-0.1, -0.05) is 0 Å². The molecule has 2 rings (SSSR count). The number of fused-ring (bicyclic) bond motifs is 2. The van der Waals surface area contributed by atoms with Gasteiger partial charge in [-0.3, -0.25) is 4.79 Å². The number of aliphatic carboxylic acids is 1. The van der Waals surface area contributed by atoms with Crippen molar-refractivity contribution in [1.82, 2.24) is 0 Å². The van der Waals surface area contributed by atoms with Crippen LogP contribution in [0.5, 0.6) is 0 Å². The molecule has 2 bridgehead atoms. The van der Waals surface area contributed by atoms with E-state index < -0.39 is 17.6 Å². The van der Waals surface area contributed by atoms with E-state index in [0.29, 0.717) is 0 Å². The first kappa shape index (κ1) is 8.01. The molecule has 68 valence electrons. The molecule has 0 aromatic rings. The Hall–Kier alpha value is -0.610. The Morgan fingerprint density at radius 1 is 1.50 bits per heavy atom. The lowest BCUT2D eigenvalue weighted by molar-refractivity contribution is -0.150. The normalized spacial score (nSPS) is 51.3. The summed E-state index contributed by atoms with van der Waals surface area (Å²) >= 11 is 0. The molecule has 2 fully saturated rings. The number of aliphatic hydroxyl groups is 1. The summed E-state index contributed by atoms with van der Waals surface area (Å²) in [5.74, 6) is -0.951. The molecule has 0 aliphatic heterocycles. The lowest BCUT2D eigenvalue weighted by atomic mass is 9.80. The van der Waals surface area contributed by atoms with Crippen molar-refractivity contribution in [1.29, 1.82) is 0 Å². The zero-order chi connectivity index (χ0) is 8.93. The number of nitrogens with two attached hydrogens (primary N) is 1. The van der Waals surface area contributed by atoms with E-state index in [1.54, 1.807) is 0 Å². The van der Waals surface area contributed by atoms with Gasteiger partial charge in [0.15, 0.2) is 0 Å². The summed E-state index contributed by atoms with van der Waals surface area (Å²) < 4.78 is 0. The van der Waals surface area contributed by atoms with Crippen LogP contribution < -0.4 is 5.73 Å². The third-order valence-corrected chi connectivity index (χ3v) is 3.46. The minimum absolute atomic E-state index is 0.0185. The first-order valence-corrected chi connectivity index (χ1v) is 4.27. The summed E-state index contributed by atoms with van der Waals surface area (Å²) in [6.45, 7) is 0. The van der Waals surface area contributed by atoms with Gasteiger partial charge in [-0.2, -0.15) is 0 Å². The number of carboxylic acids is 1. The number of aliphatic hydroxyl groups excluding tert-OH is 1. The van der Waals surface area contributed by atoms with Gasteiger partial charge in [0, 0.05) is 0 Å². The maximum absolute atomic E-state index is 10.8. The molecule has 0 heterocycles. The maximum atomic E-state index is 10.8. The molecule has 4 atom stereocenters. The van der Waals surface area contributed by atoms with E-state index in [4.69, 9.17) is 10.8 Å². The molecule has 0 radical (unpaired) electrons. The lowest BCUT2D eigenvalue weighted by Gasteiger charge is -2.33. The summed E-state index contributed by atoms with van der Waals surface area (Å²) in [7, 11) is 0. The Kier molecular flexibility index (Phi) is 1.47. The molecule has 2 aliphatic rings. The van der Waals surface area contributed by atoms with Gasteiger partial charge >= 0.3 is 5.97 Å². The van der Waals surface area contributed by atoms with Gasteiger partial charge in [-0.05, 0) is 31.1 Å². The van der Waals surface area contributed by atoms with Gasteiger partial charge in [0.2, 0.25) is 0 Å². The van der Waals surface area contributed by atoms with Gasteiger partial charge < -0.3 is 15.9 Å². The molecule has 12 heavy (non-hydrogen) atoms. The van der Waals surface area contributed by atoms with E-state index in [1.807, 2.05) is 0 Å². The van der Waals surface area contributed by atoms with Crippen LogP contribution in [0, 0.1) is 11.8 Å². The maximum Gasteiger partial charge on any atom is 0.326 e. The number of carboxylic acid groups (broad SMARTS) is 1. The number of carbonyl (C=O) groups is 1. The van der Waals surface area contributed by atoms with Crippen LogP contribution in [0.1, 0.15) is 19.3 Å².